The Kier molecular flexibility index (Phi) is 7.55. The molecular formula is C23H23ClN2O4S. The second-order valence-corrected chi connectivity index (χ2v) is 8.44. The van der Waals surface area contributed by atoms with Crippen molar-refractivity contribution in [1.29, 1.82) is 0 Å². The van der Waals surface area contributed by atoms with Gasteiger partial charge in [0.2, 0.25) is 0 Å². The third-order valence-electron chi connectivity index (χ3n) is 4.49. The van der Waals surface area contributed by atoms with Crippen molar-refractivity contribution in [2.24, 2.45) is 0 Å². The van der Waals surface area contributed by atoms with Crippen molar-refractivity contribution in [3.8, 4) is 21.9 Å². The SMILES string of the molecule is COc1cc(CNC(=O)c2ccc(-c3ccc(Cl)cc3)s2)ccc1OCC(=O)N(C)C. The number of amides is 2. The number of hydrogen-bond acceptors (Lipinski definition) is 5. The van der Waals surface area contributed by atoms with Crippen LogP contribution in [0.25, 0.3) is 10.4 Å². The van der Waals surface area contributed by atoms with Gasteiger partial charge in [0.1, 0.15) is 0 Å². The molecule has 3 aromatic rings. The van der Waals surface area contributed by atoms with Crippen molar-refractivity contribution in [1.82, 2.24) is 10.2 Å². The molecule has 0 radical (unpaired) electrons. The molecule has 162 valence electrons. The smallest absolute Gasteiger partial charge is 0.261 e. The maximum absolute atomic E-state index is 12.6. The second-order valence-electron chi connectivity index (χ2n) is 6.92. The molecule has 0 atom stereocenters. The number of thiophene rings is 1. The van der Waals surface area contributed by atoms with E-state index in [9.17, 15) is 9.59 Å². The number of nitrogens with one attached hydrogen (secondary N) is 1. The summed E-state index contributed by atoms with van der Waals surface area (Å²) < 4.78 is 10.9. The monoisotopic (exact) mass is 458 g/mol. The van der Waals surface area contributed by atoms with E-state index in [1.807, 2.05) is 42.5 Å². The topological polar surface area (TPSA) is 67.9 Å². The van der Waals surface area contributed by atoms with E-state index in [0.29, 0.717) is 27.9 Å². The summed E-state index contributed by atoms with van der Waals surface area (Å²) in [4.78, 5) is 27.3. The minimum absolute atomic E-state index is 0.0756. The van der Waals surface area contributed by atoms with Crippen molar-refractivity contribution in [3.63, 3.8) is 0 Å². The second kappa shape index (κ2) is 10.3. The number of carbonyl (C=O) groups excluding carboxylic acids is 2. The summed E-state index contributed by atoms with van der Waals surface area (Å²) >= 11 is 7.36. The third kappa shape index (κ3) is 5.99. The highest BCUT2D eigenvalue weighted by atomic mass is 35.5. The van der Waals surface area contributed by atoms with E-state index in [0.717, 1.165) is 16.0 Å². The average molecular weight is 459 g/mol. The number of halogens is 1. The maximum Gasteiger partial charge on any atom is 0.261 e. The van der Waals surface area contributed by atoms with Crippen LogP contribution in [0.4, 0.5) is 0 Å². The van der Waals surface area contributed by atoms with E-state index in [1.165, 1.54) is 23.3 Å². The molecule has 3 rings (SSSR count). The van der Waals surface area contributed by atoms with Crippen LogP contribution in [0.15, 0.2) is 54.6 Å². The number of rotatable bonds is 8. The predicted molar refractivity (Wildman–Crippen MR) is 123 cm³/mol. The zero-order chi connectivity index (χ0) is 22.4. The highest BCUT2D eigenvalue weighted by Crippen LogP contribution is 2.30. The summed E-state index contributed by atoms with van der Waals surface area (Å²) in [6.07, 6.45) is 0. The molecule has 0 aliphatic rings. The van der Waals surface area contributed by atoms with E-state index in [-0.39, 0.29) is 18.4 Å². The molecule has 0 aliphatic heterocycles. The molecule has 1 heterocycles. The number of ether oxygens (including phenoxy) is 2. The lowest BCUT2D eigenvalue weighted by Crippen LogP contribution is -2.27. The molecule has 0 fully saturated rings. The van der Waals surface area contributed by atoms with Crippen LogP contribution in [-0.4, -0.2) is 44.5 Å². The lowest BCUT2D eigenvalue weighted by Gasteiger charge is -2.14. The van der Waals surface area contributed by atoms with Gasteiger partial charge in [-0.2, -0.15) is 0 Å². The van der Waals surface area contributed by atoms with Crippen LogP contribution in [-0.2, 0) is 11.3 Å². The van der Waals surface area contributed by atoms with Crippen molar-refractivity contribution in [2.75, 3.05) is 27.8 Å². The first-order valence-electron chi connectivity index (χ1n) is 9.51. The van der Waals surface area contributed by atoms with E-state index in [2.05, 4.69) is 5.32 Å². The molecule has 31 heavy (non-hydrogen) atoms. The molecule has 0 saturated carbocycles. The average Bonchev–Trinajstić information content (AvgIpc) is 3.26. The first-order valence-corrected chi connectivity index (χ1v) is 10.7. The summed E-state index contributed by atoms with van der Waals surface area (Å²) in [5, 5.41) is 3.59. The van der Waals surface area contributed by atoms with Gasteiger partial charge >= 0.3 is 0 Å². The van der Waals surface area contributed by atoms with Gasteiger partial charge in [-0.1, -0.05) is 29.8 Å². The van der Waals surface area contributed by atoms with Crippen LogP contribution in [0.1, 0.15) is 15.2 Å². The molecule has 2 amide bonds. The molecule has 8 heteroatoms. The molecule has 0 bridgehead atoms. The fraction of sp³-hybridized carbons (Fsp3) is 0.217. The van der Waals surface area contributed by atoms with E-state index in [4.69, 9.17) is 21.1 Å². The molecule has 0 aliphatic carbocycles. The summed E-state index contributed by atoms with van der Waals surface area (Å²) in [5.74, 6) is 0.673. The lowest BCUT2D eigenvalue weighted by atomic mass is 10.2. The van der Waals surface area contributed by atoms with Gasteiger partial charge in [0, 0.05) is 30.5 Å². The molecule has 1 N–H and O–H groups in total. The van der Waals surface area contributed by atoms with Crippen LogP contribution in [0, 0.1) is 0 Å². The Labute approximate surface area is 190 Å². The van der Waals surface area contributed by atoms with Gasteiger partial charge in [-0.3, -0.25) is 9.59 Å². The van der Waals surface area contributed by atoms with Gasteiger partial charge < -0.3 is 19.7 Å². The van der Waals surface area contributed by atoms with Crippen LogP contribution in [0.3, 0.4) is 0 Å². The van der Waals surface area contributed by atoms with Gasteiger partial charge in [0.15, 0.2) is 18.1 Å². The van der Waals surface area contributed by atoms with Crippen LogP contribution in [0.2, 0.25) is 5.02 Å². The molecule has 2 aromatic carbocycles. The van der Waals surface area contributed by atoms with Crippen LogP contribution < -0.4 is 14.8 Å². The molecule has 1 aromatic heterocycles. The van der Waals surface area contributed by atoms with Crippen molar-refractivity contribution in [2.45, 2.75) is 6.54 Å². The Balaban J connectivity index is 1.61. The fourth-order valence-electron chi connectivity index (χ4n) is 2.71. The van der Waals surface area contributed by atoms with Crippen molar-refractivity contribution >= 4 is 34.8 Å². The Hall–Kier alpha value is -3.03. The molecule has 0 unspecified atom stereocenters. The molecule has 0 spiro atoms. The highest BCUT2D eigenvalue weighted by molar-refractivity contribution is 7.17. The normalized spacial score (nSPS) is 10.5. The number of nitrogens with zero attached hydrogens (tertiary/aromatic N) is 1. The van der Waals surface area contributed by atoms with Gasteiger partial charge in [0.05, 0.1) is 12.0 Å². The quantitative estimate of drug-likeness (QED) is 0.540. The Morgan fingerprint density at radius 3 is 2.45 bits per heavy atom. The predicted octanol–water partition coefficient (Wildman–Crippen LogP) is 4.47. The van der Waals surface area contributed by atoms with Crippen LogP contribution >= 0.6 is 22.9 Å². The van der Waals surface area contributed by atoms with Gasteiger partial charge in [0.25, 0.3) is 11.8 Å². The fourth-order valence-corrected chi connectivity index (χ4v) is 3.76. The van der Waals surface area contributed by atoms with Crippen LogP contribution in [0.5, 0.6) is 11.5 Å². The minimum Gasteiger partial charge on any atom is -0.493 e. The zero-order valence-electron chi connectivity index (χ0n) is 17.5. The standard InChI is InChI=1S/C23H23ClN2O4S/c1-26(2)22(27)14-30-18-9-4-15(12-19(18)29-3)13-25-23(28)21-11-10-20(31-21)16-5-7-17(24)8-6-16/h4-12H,13-14H2,1-3H3,(H,25,28). The Morgan fingerprint density at radius 2 is 1.77 bits per heavy atom. The number of benzene rings is 2. The summed E-state index contributed by atoms with van der Waals surface area (Å²) in [5.41, 5.74) is 1.87. The number of methoxy groups -OCH3 is 1. The van der Waals surface area contributed by atoms with E-state index < -0.39 is 0 Å². The Morgan fingerprint density at radius 1 is 1.03 bits per heavy atom. The summed E-state index contributed by atoms with van der Waals surface area (Å²) in [6, 6.07) is 16.6. The van der Waals surface area contributed by atoms with E-state index in [1.54, 1.807) is 26.2 Å². The largest absolute Gasteiger partial charge is 0.493 e. The molecule has 6 nitrogen and oxygen atoms in total. The highest BCUT2D eigenvalue weighted by Gasteiger charge is 2.13. The van der Waals surface area contributed by atoms with E-state index >= 15 is 0 Å². The molecule has 0 saturated heterocycles. The summed E-state index contributed by atoms with van der Waals surface area (Å²) in [6.45, 7) is 0.258. The lowest BCUT2D eigenvalue weighted by molar-refractivity contribution is -0.130. The minimum atomic E-state index is -0.152. The first kappa shape index (κ1) is 22.7. The maximum atomic E-state index is 12.6. The first-order chi connectivity index (χ1) is 14.9. The van der Waals surface area contributed by atoms with Gasteiger partial charge in [-0.25, -0.2) is 0 Å². The van der Waals surface area contributed by atoms with Crippen molar-refractivity contribution in [3.05, 3.63) is 70.1 Å². The number of carbonyl (C=O) groups is 2. The van der Waals surface area contributed by atoms with Gasteiger partial charge in [-0.05, 0) is 47.5 Å². The zero-order valence-corrected chi connectivity index (χ0v) is 19.0. The number of hydrogen-bond donors (Lipinski definition) is 1. The number of likely N-dealkylation sites (N-methyl/N-ethyl adjacent to an activating group) is 1. The molecular weight excluding hydrogens is 436 g/mol. The third-order valence-corrected chi connectivity index (χ3v) is 5.87. The Bertz CT molecular complexity index is 1060. The van der Waals surface area contributed by atoms with Crippen molar-refractivity contribution < 1.29 is 19.1 Å². The summed E-state index contributed by atoms with van der Waals surface area (Å²) in [7, 11) is 4.86. The van der Waals surface area contributed by atoms with Gasteiger partial charge in [-0.15, -0.1) is 11.3 Å².